The highest BCUT2D eigenvalue weighted by Gasteiger charge is 2.25. The maximum atomic E-state index is 12.6. The van der Waals surface area contributed by atoms with E-state index in [4.69, 9.17) is 12.2 Å². The number of nitrogens with two attached hydrogens (primary N) is 1. The monoisotopic (exact) mass is 466 g/mol. The van der Waals surface area contributed by atoms with Gasteiger partial charge in [0.25, 0.3) is 5.91 Å². The van der Waals surface area contributed by atoms with Crippen molar-refractivity contribution < 1.29 is 14.7 Å². The Bertz CT molecular complexity index is 975. The van der Waals surface area contributed by atoms with Crippen molar-refractivity contribution in [2.75, 3.05) is 31.5 Å². The molecule has 2 aliphatic rings. The van der Waals surface area contributed by atoms with E-state index >= 15 is 0 Å². The number of anilines is 1. The van der Waals surface area contributed by atoms with Crippen molar-refractivity contribution in [3.05, 3.63) is 41.4 Å². The van der Waals surface area contributed by atoms with Gasteiger partial charge in [-0.25, -0.2) is 9.97 Å². The normalized spacial score (nSPS) is 22.3. The molecule has 1 aromatic heterocycles. The predicted molar refractivity (Wildman–Crippen MR) is 131 cm³/mol. The third-order valence-electron chi connectivity index (χ3n) is 6.36. The highest BCUT2D eigenvalue weighted by atomic mass is 16.3. The summed E-state index contributed by atoms with van der Waals surface area (Å²) in [4.78, 5) is 34.3. The second kappa shape index (κ2) is 12.3. The van der Waals surface area contributed by atoms with E-state index in [9.17, 15) is 14.7 Å². The molecule has 0 bridgehead atoms. The Morgan fingerprint density at radius 2 is 2.12 bits per heavy atom. The molecule has 1 atom stereocenters. The first-order valence-electron chi connectivity index (χ1n) is 11.8. The molecule has 0 radical (unpaired) electrons. The van der Waals surface area contributed by atoms with Crippen LogP contribution in [0.5, 0.6) is 0 Å². The summed E-state index contributed by atoms with van der Waals surface area (Å²) in [5.41, 5.74) is 7.72. The van der Waals surface area contributed by atoms with Crippen LogP contribution in [0.2, 0.25) is 0 Å². The summed E-state index contributed by atoms with van der Waals surface area (Å²) in [6.07, 6.45) is 14.2. The largest absolute Gasteiger partial charge is 0.390 e. The van der Waals surface area contributed by atoms with Gasteiger partial charge in [-0.1, -0.05) is 18.1 Å². The molecular weight excluding hydrogens is 432 g/mol. The van der Waals surface area contributed by atoms with E-state index in [0.717, 1.165) is 49.8 Å². The number of β-amino-alcohol motifs (C(OH)–C–C–N with tert-alkyl or cyclic N) is 1. The second-order valence-corrected chi connectivity index (χ2v) is 8.88. The zero-order chi connectivity index (χ0) is 24.5. The van der Waals surface area contributed by atoms with E-state index in [1.807, 2.05) is 19.1 Å². The zero-order valence-corrected chi connectivity index (χ0v) is 19.7. The van der Waals surface area contributed by atoms with E-state index in [0.29, 0.717) is 18.9 Å². The van der Waals surface area contributed by atoms with E-state index in [1.165, 1.54) is 6.33 Å². The molecule has 182 valence electrons. The SMILES string of the molecule is C#CC1=C(/C=C\C)CCN(C[C@@H](O)CNC(=O)c2cc(N[C@H]3CC[C@@H](C(N)=O)CC3)ncn2)C1. The number of nitrogens with one attached hydrogen (secondary N) is 2. The Labute approximate surface area is 200 Å². The van der Waals surface area contributed by atoms with Gasteiger partial charge in [-0.15, -0.1) is 6.42 Å². The van der Waals surface area contributed by atoms with Gasteiger partial charge in [-0.05, 0) is 44.6 Å². The standard InChI is InChI=1S/C25H34N6O3/c1-3-5-18-10-11-31(14-17(18)4-2)15-21(32)13-27-25(34)22-12-23(29-16-28-22)30-20-8-6-19(7-9-20)24(26)33/h2-3,5,12,16,19-21,32H,6-11,13-15H2,1H3,(H2,26,33)(H,27,34)(H,28,29,30)/b5-3-/t19-,20+,21-/m0/s1. The molecular formula is C25H34N6O3. The van der Waals surface area contributed by atoms with Crippen molar-refractivity contribution in [3.8, 4) is 12.3 Å². The lowest BCUT2D eigenvalue weighted by Crippen LogP contribution is -2.42. The van der Waals surface area contributed by atoms with Gasteiger partial charge < -0.3 is 21.5 Å². The van der Waals surface area contributed by atoms with Gasteiger partial charge in [0.2, 0.25) is 5.91 Å². The summed E-state index contributed by atoms with van der Waals surface area (Å²) in [5, 5.41) is 16.5. The first kappa shape index (κ1) is 25.4. The second-order valence-electron chi connectivity index (χ2n) is 8.88. The van der Waals surface area contributed by atoms with Crippen LogP contribution in [0.25, 0.3) is 0 Å². The zero-order valence-electron chi connectivity index (χ0n) is 19.7. The number of aromatic nitrogens is 2. The molecule has 1 saturated carbocycles. The van der Waals surface area contributed by atoms with E-state index in [1.54, 1.807) is 6.07 Å². The lowest BCUT2D eigenvalue weighted by molar-refractivity contribution is -0.122. The Morgan fingerprint density at radius 1 is 1.35 bits per heavy atom. The smallest absolute Gasteiger partial charge is 0.270 e. The Hall–Kier alpha value is -3.22. The number of primary amides is 1. The molecule has 0 unspecified atom stereocenters. The fraction of sp³-hybridized carbons (Fsp3) is 0.520. The molecule has 9 heteroatoms. The topological polar surface area (TPSA) is 133 Å². The number of aliphatic hydroxyl groups excluding tert-OH is 1. The van der Waals surface area contributed by atoms with Crippen LogP contribution < -0.4 is 16.4 Å². The molecule has 1 fully saturated rings. The third-order valence-corrected chi connectivity index (χ3v) is 6.36. The molecule has 9 nitrogen and oxygen atoms in total. The van der Waals surface area contributed by atoms with Gasteiger partial charge in [-0.2, -0.15) is 0 Å². The number of amides is 2. The molecule has 1 aliphatic heterocycles. The molecule has 3 rings (SSSR count). The average Bonchev–Trinajstić information content (AvgIpc) is 2.84. The van der Waals surface area contributed by atoms with Gasteiger partial charge in [0, 0.05) is 49.8 Å². The van der Waals surface area contributed by atoms with Crippen molar-refractivity contribution in [1.29, 1.82) is 0 Å². The molecule has 1 aliphatic carbocycles. The van der Waals surface area contributed by atoms with Crippen LogP contribution in [0.4, 0.5) is 5.82 Å². The minimum absolute atomic E-state index is 0.0643. The number of carbonyl (C=O) groups excluding carboxylic acids is 2. The Kier molecular flexibility index (Phi) is 9.19. The minimum atomic E-state index is -0.730. The highest BCUT2D eigenvalue weighted by Crippen LogP contribution is 2.26. The first-order valence-corrected chi connectivity index (χ1v) is 11.8. The van der Waals surface area contributed by atoms with Crippen LogP contribution in [0.1, 0.15) is 49.5 Å². The van der Waals surface area contributed by atoms with Gasteiger partial charge in [0.1, 0.15) is 17.8 Å². The van der Waals surface area contributed by atoms with Crippen LogP contribution in [0.15, 0.2) is 35.7 Å². The molecule has 5 N–H and O–H groups in total. The summed E-state index contributed by atoms with van der Waals surface area (Å²) in [6.45, 7) is 3.91. The van der Waals surface area contributed by atoms with Crippen LogP contribution in [-0.2, 0) is 4.79 Å². The number of nitrogens with zero attached hydrogens (tertiary/aromatic N) is 3. The van der Waals surface area contributed by atoms with Gasteiger partial charge in [0.05, 0.1) is 6.10 Å². The van der Waals surface area contributed by atoms with Crippen molar-refractivity contribution in [2.45, 2.75) is 51.2 Å². The lowest BCUT2D eigenvalue weighted by Gasteiger charge is -2.29. The molecule has 0 saturated heterocycles. The number of hydrogen-bond donors (Lipinski definition) is 4. The quantitative estimate of drug-likeness (QED) is 0.402. The summed E-state index contributed by atoms with van der Waals surface area (Å²) in [6, 6.07) is 1.77. The molecule has 0 aromatic carbocycles. The number of allylic oxidation sites excluding steroid dienone is 2. The van der Waals surface area contributed by atoms with E-state index < -0.39 is 6.10 Å². The van der Waals surface area contributed by atoms with Crippen LogP contribution in [-0.4, -0.2) is 70.1 Å². The van der Waals surface area contributed by atoms with Gasteiger partial charge >= 0.3 is 0 Å². The number of hydrogen-bond acceptors (Lipinski definition) is 7. The summed E-state index contributed by atoms with van der Waals surface area (Å²) < 4.78 is 0. The van der Waals surface area contributed by atoms with Gasteiger partial charge in [0.15, 0.2) is 0 Å². The van der Waals surface area contributed by atoms with Crippen LogP contribution >= 0.6 is 0 Å². The molecule has 2 heterocycles. The van der Waals surface area contributed by atoms with Crippen molar-refractivity contribution in [3.63, 3.8) is 0 Å². The minimum Gasteiger partial charge on any atom is -0.390 e. The molecule has 1 aromatic rings. The fourth-order valence-corrected chi connectivity index (χ4v) is 4.47. The van der Waals surface area contributed by atoms with E-state index in [-0.39, 0.29) is 36.0 Å². The average molecular weight is 467 g/mol. The lowest BCUT2D eigenvalue weighted by atomic mass is 9.85. The predicted octanol–water partition coefficient (Wildman–Crippen LogP) is 1.23. The number of terminal acetylenes is 1. The summed E-state index contributed by atoms with van der Waals surface area (Å²) >= 11 is 0. The summed E-state index contributed by atoms with van der Waals surface area (Å²) in [5.74, 6) is 2.63. The van der Waals surface area contributed by atoms with Crippen LogP contribution in [0.3, 0.4) is 0 Å². The van der Waals surface area contributed by atoms with Crippen LogP contribution in [0, 0.1) is 18.3 Å². The number of rotatable bonds is 9. The van der Waals surface area contributed by atoms with E-state index in [2.05, 4.69) is 31.4 Å². The molecule has 2 amide bonds. The Morgan fingerprint density at radius 3 is 2.79 bits per heavy atom. The first-order chi connectivity index (χ1) is 16.4. The Balaban J connectivity index is 1.46. The van der Waals surface area contributed by atoms with Gasteiger partial charge in [-0.3, -0.25) is 14.5 Å². The van der Waals surface area contributed by atoms with Crippen molar-refractivity contribution in [2.24, 2.45) is 11.7 Å². The number of carbonyl (C=O) groups is 2. The highest BCUT2D eigenvalue weighted by molar-refractivity contribution is 5.92. The summed E-state index contributed by atoms with van der Waals surface area (Å²) in [7, 11) is 0. The molecule has 0 spiro atoms. The van der Waals surface area contributed by atoms with Crippen molar-refractivity contribution in [1.82, 2.24) is 20.2 Å². The maximum absolute atomic E-state index is 12.6. The maximum Gasteiger partial charge on any atom is 0.270 e. The van der Waals surface area contributed by atoms with Crippen molar-refractivity contribution >= 4 is 17.6 Å². The third kappa shape index (κ3) is 7.14. The fourth-order valence-electron chi connectivity index (χ4n) is 4.47. The number of aliphatic hydroxyl groups is 1. The molecule has 34 heavy (non-hydrogen) atoms.